The Hall–Kier alpha value is -0.650. The molecular formula is C10H18O5. The number of esters is 1. The molecule has 0 aromatic carbocycles. The number of carbonyl (C=O) groups is 1. The summed E-state index contributed by atoms with van der Waals surface area (Å²) in [5.74, 6) is -1.02. The van der Waals surface area contributed by atoms with E-state index in [1.54, 1.807) is 13.8 Å². The highest BCUT2D eigenvalue weighted by atomic mass is 16.7. The Labute approximate surface area is 89.3 Å². The van der Waals surface area contributed by atoms with Gasteiger partial charge in [-0.25, -0.2) is 0 Å². The molecule has 15 heavy (non-hydrogen) atoms. The molecule has 5 heteroatoms. The molecule has 0 amide bonds. The molecule has 1 unspecified atom stereocenters. The zero-order valence-corrected chi connectivity index (χ0v) is 9.19. The number of aliphatic hydroxyl groups excluding tert-OH is 1. The van der Waals surface area contributed by atoms with Crippen molar-refractivity contribution in [3.63, 3.8) is 0 Å². The number of aliphatic hydroxyl groups is 1. The molecule has 0 radical (unpaired) electrons. The standard InChI is InChI=1S/C10H18O5/c1-3-13-9(12)4-5-10(2)14-7-8(6-11)15-10/h8,11H,3-7H2,1-2H3/t8-,10?/m0/s1. The summed E-state index contributed by atoms with van der Waals surface area (Å²) in [6.45, 7) is 4.23. The molecular weight excluding hydrogens is 200 g/mol. The van der Waals surface area contributed by atoms with Gasteiger partial charge in [-0.2, -0.15) is 0 Å². The van der Waals surface area contributed by atoms with E-state index < -0.39 is 5.79 Å². The summed E-state index contributed by atoms with van der Waals surface area (Å²) in [6, 6.07) is 0. The molecule has 0 spiro atoms. The van der Waals surface area contributed by atoms with E-state index in [-0.39, 0.29) is 25.1 Å². The third kappa shape index (κ3) is 3.77. The van der Waals surface area contributed by atoms with Gasteiger partial charge in [0.1, 0.15) is 6.10 Å². The molecule has 1 rings (SSSR count). The summed E-state index contributed by atoms with van der Waals surface area (Å²) in [5.41, 5.74) is 0. The summed E-state index contributed by atoms with van der Waals surface area (Å²) >= 11 is 0. The van der Waals surface area contributed by atoms with Crippen molar-refractivity contribution in [1.29, 1.82) is 0 Å². The van der Waals surface area contributed by atoms with E-state index >= 15 is 0 Å². The van der Waals surface area contributed by atoms with Crippen LogP contribution in [0.4, 0.5) is 0 Å². The van der Waals surface area contributed by atoms with Crippen molar-refractivity contribution in [1.82, 2.24) is 0 Å². The second-order valence-corrected chi connectivity index (χ2v) is 3.67. The van der Waals surface area contributed by atoms with Crippen molar-refractivity contribution in [2.24, 2.45) is 0 Å². The van der Waals surface area contributed by atoms with Gasteiger partial charge in [0, 0.05) is 6.42 Å². The molecule has 2 atom stereocenters. The average Bonchev–Trinajstić information content (AvgIpc) is 2.59. The Bertz CT molecular complexity index is 218. The van der Waals surface area contributed by atoms with Gasteiger partial charge in [-0.15, -0.1) is 0 Å². The fourth-order valence-electron chi connectivity index (χ4n) is 1.47. The lowest BCUT2D eigenvalue weighted by Gasteiger charge is -2.22. The van der Waals surface area contributed by atoms with Gasteiger partial charge < -0.3 is 19.3 Å². The van der Waals surface area contributed by atoms with E-state index in [4.69, 9.17) is 19.3 Å². The second-order valence-electron chi connectivity index (χ2n) is 3.67. The lowest BCUT2D eigenvalue weighted by molar-refractivity contribution is -0.170. The van der Waals surface area contributed by atoms with Crippen LogP contribution in [0.1, 0.15) is 26.7 Å². The molecule has 5 nitrogen and oxygen atoms in total. The van der Waals surface area contributed by atoms with Crippen molar-refractivity contribution >= 4 is 5.97 Å². The molecule has 1 aliphatic heterocycles. The van der Waals surface area contributed by atoms with Crippen molar-refractivity contribution in [2.45, 2.75) is 38.6 Å². The molecule has 0 aromatic heterocycles. The summed E-state index contributed by atoms with van der Waals surface area (Å²) < 4.78 is 15.6. The third-order valence-electron chi connectivity index (χ3n) is 2.28. The highest BCUT2D eigenvalue weighted by Crippen LogP contribution is 2.27. The Morgan fingerprint density at radius 1 is 1.67 bits per heavy atom. The lowest BCUT2D eigenvalue weighted by atomic mass is 10.2. The van der Waals surface area contributed by atoms with E-state index in [0.29, 0.717) is 19.6 Å². The first-order valence-corrected chi connectivity index (χ1v) is 5.18. The van der Waals surface area contributed by atoms with Crippen molar-refractivity contribution < 1.29 is 24.1 Å². The van der Waals surface area contributed by atoms with Gasteiger partial charge in [-0.3, -0.25) is 4.79 Å². The van der Waals surface area contributed by atoms with Crippen LogP contribution >= 0.6 is 0 Å². The predicted octanol–water partition coefficient (Wildman–Crippen LogP) is 0.454. The fraction of sp³-hybridized carbons (Fsp3) is 0.900. The monoisotopic (exact) mass is 218 g/mol. The van der Waals surface area contributed by atoms with E-state index in [1.165, 1.54) is 0 Å². The van der Waals surface area contributed by atoms with Gasteiger partial charge in [-0.05, 0) is 13.8 Å². The molecule has 0 aromatic rings. The maximum absolute atomic E-state index is 11.1. The molecule has 0 aliphatic carbocycles. The smallest absolute Gasteiger partial charge is 0.305 e. The van der Waals surface area contributed by atoms with Gasteiger partial charge in [0.05, 0.1) is 26.2 Å². The average molecular weight is 218 g/mol. The van der Waals surface area contributed by atoms with Crippen LogP contribution in [-0.2, 0) is 19.0 Å². The van der Waals surface area contributed by atoms with Crippen LogP contribution in [0.3, 0.4) is 0 Å². The minimum Gasteiger partial charge on any atom is -0.466 e. The van der Waals surface area contributed by atoms with Gasteiger partial charge in [0.2, 0.25) is 0 Å². The summed E-state index contributed by atoms with van der Waals surface area (Å²) in [7, 11) is 0. The molecule has 1 fully saturated rings. The molecule has 88 valence electrons. The SMILES string of the molecule is CCOC(=O)CCC1(C)OC[C@H](CO)O1. The first kappa shape index (κ1) is 12.4. The molecule has 0 saturated carbocycles. The number of hydrogen-bond acceptors (Lipinski definition) is 5. The van der Waals surface area contributed by atoms with Gasteiger partial charge in [-0.1, -0.05) is 0 Å². The van der Waals surface area contributed by atoms with Crippen LogP contribution in [0, 0.1) is 0 Å². The maximum atomic E-state index is 11.1. The summed E-state index contributed by atoms with van der Waals surface area (Å²) in [5, 5.41) is 8.86. The minimum atomic E-state index is -0.764. The molecule has 1 saturated heterocycles. The van der Waals surface area contributed by atoms with Gasteiger partial charge >= 0.3 is 5.97 Å². The number of rotatable bonds is 5. The molecule has 1 heterocycles. The summed E-state index contributed by atoms with van der Waals surface area (Å²) in [4.78, 5) is 11.1. The number of ether oxygens (including phenoxy) is 3. The topological polar surface area (TPSA) is 65.0 Å². The highest BCUT2D eigenvalue weighted by molar-refractivity contribution is 5.69. The summed E-state index contributed by atoms with van der Waals surface area (Å²) in [6.07, 6.45) is 0.433. The van der Waals surface area contributed by atoms with E-state index in [0.717, 1.165) is 0 Å². The predicted molar refractivity (Wildman–Crippen MR) is 52.2 cm³/mol. The fourth-order valence-corrected chi connectivity index (χ4v) is 1.47. The molecule has 0 bridgehead atoms. The third-order valence-corrected chi connectivity index (χ3v) is 2.28. The van der Waals surface area contributed by atoms with E-state index in [9.17, 15) is 4.79 Å². The molecule has 1 N–H and O–H groups in total. The maximum Gasteiger partial charge on any atom is 0.305 e. The van der Waals surface area contributed by atoms with Crippen LogP contribution in [0.2, 0.25) is 0 Å². The van der Waals surface area contributed by atoms with Crippen LogP contribution in [0.15, 0.2) is 0 Å². The quantitative estimate of drug-likeness (QED) is 0.679. The van der Waals surface area contributed by atoms with Crippen molar-refractivity contribution in [3.8, 4) is 0 Å². The van der Waals surface area contributed by atoms with Gasteiger partial charge in [0.15, 0.2) is 5.79 Å². The van der Waals surface area contributed by atoms with E-state index in [2.05, 4.69) is 0 Å². The van der Waals surface area contributed by atoms with Crippen molar-refractivity contribution in [2.75, 3.05) is 19.8 Å². The van der Waals surface area contributed by atoms with Gasteiger partial charge in [0.25, 0.3) is 0 Å². The lowest BCUT2D eigenvalue weighted by Crippen LogP contribution is -2.28. The van der Waals surface area contributed by atoms with E-state index in [1.807, 2.05) is 0 Å². The normalized spacial score (nSPS) is 30.5. The van der Waals surface area contributed by atoms with Crippen LogP contribution in [-0.4, -0.2) is 42.8 Å². The number of hydrogen-bond donors (Lipinski definition) is 1. The Kier molecular flexibility index (Phi) is 4.50. The number of carbonyl (C=O) groups excluding carboxylic acids is 1. The highest BCUT2D eigenvalue weighted by Gasteiger charge is 2.37. The Morgan fingerprint density at radius 3 is 2.93 bits per heavy atom. The van der Waals surface area contributed by atoms with Crippen LogP contribution in [0.5, 0.6) is 0 Å². The zero-order chi connectivity index (χ0) is 11.3. The van der Waals surface area contributed by atoms with Crippen LogP contribution < -0.4 is 0 Å². The Morgan fingerprint density at radius 2 is 2.40 bits per heavy atom. The minimum absolute atomic E-state index is 0.0605. The molecule has 1 aliphatic rings. The van der Waals surface area contributed by atoms with Crippen molar-refractivity contribution in [3.05, 3.63) is 0 Å². The Balaban J connectivity index is 2.29. The first-order valence-electron chi connectivity index (χ1n) is 5.18. The first-order chi connectivity index (χ1) is 7.09. The largest absolute Gasteiger partial charge is 0.466 e. The zero-order valence-electron chi connectivity index (χ0n) is 9.19. The van der Waals surface area contributed by atoms with Crippen LogP contribution in [0.25, 0.3) is 0 Å². The second kappa shape index (κ2) is 5.44.